The van der Waals surface area contributed by atoms with Crippen LogP contribution in [-0.4, -0.2) is 32.2 Å². The van der Waals surface area contributed by atoms with Crippen molar-refractivity contribution in [3.8, 4) is 0 Å². The molecule has 78 valence electrons. The number of nitrogens with two attached hydrogens (primary N) is 1. The molecule has 0 amide bonds. The average Bonchev–Trinajstić information content (AvgIpc) is 2.15. The molecule has 5 nitrogen and oxygen atoms in total. The van der Waals surface area contributed by atoms with Crippen molar-refractivity contribution in [1.82, 2.24) is 9.97 Å². The van der Waals surface area contributed by atoms with Crippen molar-refractivity contribution in [2.75, 3.05) is 11.6 Å². The zero-order chi connectivity index (χ0) is 10.7. The molecule has 0 saturated carbocycles. The monoisotopic (exact) mass is 237 g/mol. The van der Waals surface area contributed by atoms with Gasteiger partial charge in [-0.05, 0) is 0 Å². The summed E-state index contributed by atoms with van der Waals surface area (Å²) >= 11 is 11.0. The fourth-order valence-corrected chi connectivity index (χ4v) is 1.28. The lowest BCUT2D eigenvalue weighted by molar-refractivity contribution is 0.0298. The Morgan fingerprint density at radius 3 is 2.64 bits per heavy atom. The second kappa shape index (κ2) is 4.75. The highest BCUT2D eigenvalue weighted by Crippen LogP contribution is 2.22. The summed E-state index contributed by atoms with van der Waals surface area (Å²) in [7, 11) is 0. The predicted octanol–water partition coefficient (Wildman–Crippen LogP) is 0.345. The summed E-state index contributed by atoms with van der Waals surface area (Å²) in [5.74, 6) is 0.0233. The third kappa shape index (κ3) is 2.45. The highest BCUT2D eigenvalue weighted by Gasteiger charge is 2.22. The van der Waals surface area contributed by atoms with Crippen LogP contribution in [-0.2, 0) is 0 Å². The normalized spacial score (nSPS) is 15.1. The van der Waals surface area contributed by atoms with Gasteiger partial charge in [-0.1, -0.05) is 11.6 Å². The first-order valence-electron chi connectivity index (χ1n) is 3.76. The number of hydrogen-bond donors (Lipinski definition) is 3. The first-order valence-corrected chi connectivity index (χ1v) is 4.67. The van der Waals surface area contributed by atoms with E-state index < -0.39 is 12.2 Å². The molecule has 4 N–H and O–H groups in total. The van der Waals surface area contributed by atoms with E-state index in [-0.39, 0.29) is 22.5 Å². The summed E-state index contributed by atoms with van der Waals surface area (Å²) in [6, 6.07) is 0. The van der Waals surface area contributed by atoms with E-state index in [1.165, 1.54) is 6.20 Å². The predicted molar refractivity (Wildman–Crippen MR) is 53.1 cm³/mol. The molecule has 1 aromatic heterocycles. The number of rotatable bonds is 3. The summed E-state index contributed by atoms with van der Waals surface area (Å²) in [6.07, 6.45) is -1.15. The minimum absolute atomic E-state index is 0.0401. The van der Waals surface area contributed by atoms with Gasteiger partial charge in [0.2, 0.25) is 0 Å². The molecule has 1 heterocycles. The lowest BCUT2D eigenvalue weighted by atomic mass is 10.2. The molecule has 1 aromatic rings. The van der Waals surface area contributed by atoms with Gasteiger partial charge in [0.05, 0.1) is 18.2 Å². The van der Waals surface area contributed by atoms with Gasteiger partial charge in [0.1, 0.15) is 17.6 Å². The van der Waals surface area contributed by atoms with Gasteiger partial charge in [0.25, 0.3) is 0 Å². The van der Waals surface area contributed by atoms with Gasteiger partial charge in [-0.2, -0.15) is 0 Å². The minimum Gasteiger partial charge on any atom is -0.389 e. The van der Waals surface area contributed by atoms with Crippen molar-refractivity contribution in [3.05, 3.63) is 17.0 Å². The van der Waals surface area contributed by atoms with Gasteiger partial charge in [0, 0.05) is 0 Å². The van der Waals surface area contributed by atoms with E-state index in [9.17, 15) is 10.2 Å². The number of nitrogens with zero attached hydrogens (tertiary/aromatic N) is 2. The van der Waals surface area contributed by atoms with Crippen LogP contribution in [0.25, 0.3) is 0 Å². The van der Waals surface area contributed by atoms with E-state index in [4.69, 9.17) is 28.9 Å². The molecule has 0 aromatic carbocycles. The van der Waals surface area contributed by atoms with E-state index in [2.05, 4.69) is 9.97 Å². The lowest BCUT2D eigenvalue weighted by Gasteiger charge is -2.15. The Morgan fingerprint density at radius 2 is 2.14 bits per heavy atom. The Morgan fingerprint density at radius 1 is 1.50 bits per heavy atom. The van der Waals surface area contributed by atoms with Gasteiger partial charge in [-0.25, -0.2) is 4.98 Å². The average molecular weight is 238 g/mol. The van der Waals surface area contributed by atoms with Crippen LogP contribution in [0.4, 0.5) is 5.82 Å². The van der Waals surface area contributed by atoms with Crippen molar-refractivity contribution in [1.29, 1.82) is 0 Å². The standard InChI is InChI=1S/C7H9Cl2N3O2/c8-1-3(13)6(14)5-7(9)12-4(10)2-11-5/h2-3,6,13-14H,1H2,(H2,10,12). The van der Waals surface area contributed by atoms with Crippen molar-refractivity contribution in [2.24, 2.45) is 0 Å². The molecule has 0 aliphatic heterocycles. The number of halogens is 2. The van der Waals surface area contributed by atoms with Gasteiger partial charge >= 0.3 is 0 Å². The highest BCUT2D eigenvalue weighted by molar-refractivity contribution is 6.30. The van der Waals surface area contributed by atoms with E-state index in [0.29, 0.717) is 0 Å². The molecule has 0 saturated heterocycles. The smallest absolute Gasteiger partial charge is 0.155 e. The van der Waals surface area contributed by atoms with Crippen LogP contribution in [0.2, 0.25) is 5.15 Å². The molecule has 0 radical (unpaired) electrons. The van der Waals surface area contributed by atoms with Crippen LogP contribution in [0.3, 0.4) is 0 Å². The second-order valence-electron chi connectivity index (χ2n) is 2.64. The number of anilines is 1. The fraction of sp³-hybridized carbons (Fsp3) is 0.429. The molecule has 0 aliphatic rings. The maximum atomic E-state index is 9.50. The van der Waals surface area contributed by atoms with Gasteiger partial charge < -0.3 is 15.9 Å². The van der Waals surface area contributed by atoms with Gasteiger partial charge in [0.15, 0.2) is 5.15 Å². The summed E-state index contributed by atoms with van der Waals surface area (Å²) in [5, 5.41) is 18.7. The number of aromatic nitrogens is 2. The highest BCUT2D eigenvalue weighted by atomic mass is 35.5. The second-order valence-corrected chi connectivity index (χ2v) is 3.30. The van der Waals surface area contributed by atoms with E-state index in [1.54, 1.807) is 0 Å². The van der Waals surface area contributed by atoms with Crippen LogP contribution >= 0.6 is 23.2 Å². The zero-order valence-corrected chi connectivity index (χ0v) is 8.57. The third-order valence-electron chi connectivity index (χ3n) is 1.58. The SMILES string of the molecule is Nc1cnc(C(O)C(O)CCl)c(Cl)n1. The van der Waals surface area contributed by atoms with Crippen molar-refractivity contribution in [3.63, 3.8) is 0 Å². The summed E-state index contributed by atoms with van der Waals surface area (Å²) in [6.45, 7) is 0. The molecular formula is C7H9Cl2N3O2. The summed E-state index contributed by atoms with van der Waals surface area (Å²) in [4.78, 5) is 7.44. The molecule has 0 aliphatic carbocycles. The Bertz CT molecular complexity index is 324. The summed E-state index contributed by atoms with van der Waals surface area (Å²) < 4.78 is 0. The number of aliphatic hydroxyl groups is 2. The van der Waals surface area contributed by atoms with Gasteiger partial charge in [-0.3, -0.25) is 4.98 Å². The topological polar surface area (TPSA) is 92.3 Å². The lowest BCUT2D eigenvalue weighted by Crippen LogP contribution is -2.21. The molecule has 0 spiro atoms. The molecular weight excluding hydrogens is 229 g/mol. The molecule has 2 unspecified atom stereocenters. The Kier molecular flexibility index (Phi) is 3.88. The van der Waals surface area contributed by atoms with E-state index in [1.807, 2.05) is 0 Å². The maximum Gasteiger partial charge on any atom is 0.155 e. The van der Waals surface area contributed by atoms with Gasteiger partial charge in [-0.15, -0.1) is 11.6 Å². The first-order chi connectivity index (χ1) is 6.56. The largest absolute Gasteiger partial charge is 0.389 e. The Labute approximate surface area is 90.5 Å². The molecule has 1 rings (SSSR count). The van der Waals surface area contributed by atoms with Crippen LogP contribution in [0.5, 0.6) is 0 Å². The Hall–Kier alpha value is -0.620. The molecule has 7 heteroatoms. The molecule has 0 bridgehead atoms. The Balaban J connectivity index is 2.95. The molecule has 2 atom stereocenters. The first kappa shape index (κ1) is 11.5. The third-order valence-corrected chi connectivity index (χ3v) is 2.17. The fourth-order valence-electron chi connectivity index (χ4n) is 0.853. The van der Waals surface area contributed by atoms with Crippen molar-refractivity contribution >= 4 is 29.0 Å². The summed E-state index contributed by atoms with van der Waals surface area (Å²) in [5.41, 5.74) is 5.37. The van der Waals surface area contributed by atoms with Crippen LogP contribution in [0.1, 0.15) is 11.8 Å². The molecule has 14 heavy (non-hydrogen) atoms. The number of alkyl halides is 1. The van der Waals surface area contributed by atoms with E-state index >= 15 is 0 Å². The minimum atomic E-state index is -1.26. The quantitative estimate of drug-likeness (QED) is 0.660. The number of nitrogen functional groups attached to an aromatic ring is 1. The van der Waals surface area contributed by atoms with Crippen LogP contribution < -0.4 is 5.73 Å². The number of hydrogen-bond acceptors (Lipinski definition) is 5. The number of aliphatic hydroxyl groups excluding tert-OH is 2. The van der Waals surface area contributed by atoms with Crippen LogP contribution in [0, 0.1) is 0 Å². The maximum absolute atomic E-state index is 9.50. The van der Waals surface area contributed by atoms with Crippen molar-refractivity contribution in [2.45, 2.75) is 12.2 Å². The molecule has 0 fully saturated rings. The van der Waals surface area contributed by atoms with Crippen molar-refractivity contribution < 1.29 is 10.2 Å². The zero-order valence-electron chi connectivity index (χ0n) is 7.06. The van der Waals surface area contributed by atoms with E-state index in [0.717, 1.165) is 0 Å². The van der Waals surface area contributed by atoms with Crippen LogP contribution in [0.15, 0.2) is 6.20 Å².